The van der Waals surface area contributed by atoms with Gasteiger partial charge in [-0.1, -0.05) is 6.92 Å². The van der Waals surface area contributed by atoms with Gasteiger partial charge in [0.05, 0.1) is 5.69 Å². The zero-order chi connectivity index (χ0) is 11.8. The molecule has 1 aromatic rings. The van der Waals surface area contributed by atoms with E-state index in [0.29, 0.717) is 19.6 Å². The van der Waals surface area contributed by atoms with Gasteiger partial charge in [-0.05, 0) is 6.07 Å². The molecule has 1 aromatic heterocycles. The zero-order valence-electron chi connectivity index (χ0n) is 9.66. The van der Waals surface area contributed by atoms with E-state index in [1.54, 1.807) is 17.8 Å². The van der Waals surface area contributed by atoms with Crippen LogP contribution in [0.25, 0.3) is 0 Å². The lowest BCUT2D eigenvalue weighted by atomic mass is 9.95. The molecule has 1 aliphatic rings. The van der Waals surface area contributed by atoms with Crippen molar-refractivity contribution in [1.82, 2.24) is 14.7 Å². The zero-order valence-corrected chi connectivity index (χ0v) is 9.66. The summed E-state index contributed by atoms with van der Waals surface area (Å²) < 4.78 is 28.4. The Kier molecular flexibility index (Phi) is 2.97. The summed E-state index contributed by atoms with van der Waals surface area (Å²) >= 11 is 0. The molecule has 16 heavy (non-hydrogen) atoms. The third-order valence-electron chi connectivity index (χ3n) is 3.32. The molecule has 90 valence electrons. The van der Waals surface area contributed by atoms with E-state index in [1.165, 1.54) is 0 Å². The smallest absolute Gasteiger partial charge is 0.253 e. The van der Waals surface area contributed by atoms with Crippen LogP contribution in [-0.2, 0) is 13.6 Å². The van der Waals surface area contributed by atoms with Gasteiger partial charge in [-0.3, -0.25) is 9.58 Å². The molecule has 0 unspecified atom stereocenters. The van der Waals surface area contributed by atoms with Crippen molar-refractivity contribution in [1.29, 1.82) is 0 Å². The molecule has 0 amide bonds. The highest BCUT2D eigenvalue weighted by molar-refractivity contribution is 5.00. The number of likely N-dealkylation sites (tertiary alicyclic amines) is 1. The number of aromatic nitrogens is 2. The van der Waals surface area contributed by atoms with Gasteiger partial charge in [-0.15, -0.1) is 0 Å². The van der Waals surface area contributed by atoms with Gasteiger partial charge in [-0.25, -0.2) is 8.78 Å². The van der Waals surface area contributed by atoms with E-state index in [4.69, 9.17) is 0 Å². The van der Waals surface area contributed by atoms with Crippen LogP contribution in [0.2, 0.25) is 0 Å². The maximum atomic E-state index is 13.3. The normalized spacial score (nSPS) is 25.9. The number of nitrogens with zero attached hydrogens (tertiary/aromatic N) is 3. The van der Waals surface area contributed by atoms with Crippen LogP contribution >= 0.6 is 0 Å². The summed E-state index contributed by atoms with van der Waals surface area (Å²) in [6, 6.07) is 1.93. The van der Waals surface area contributed by atoms with E-state index >= 15 is 0 Å². The Hall–Kier alpha value is -0.970. The van der Waals surface area contributed by atoms with E-state index in [-0.39, 0.29) is 6.42 Å². The topological polar surface area (TPSA) is 21.1 Å². The predicted octanol–water partition coefficient (Wildman–Crippen LogP) is 1.90. The van der Waals surface area contributed by atoms with Crippen LogP contribution < -0.4 is 0 Å². The first-order valence-corrected chi connectivity index (χ1v) is 5.56. The van der Waals surface area contributed by atoms with Crippen molar-refractivity contribution in [2.75, 3.05) is 13.1 Å². The van der Waals surface area contributed by atoms with Crippen LogP contribution in [0.15, 0.2) is 12.3 Å². The van der Waals surface area contributed by atoms with Crippen LogP contribution in [0.1, 0.15) is 19.0 Å². The highest BCUT2D eigenvalue weighted by atomic mass is 19.3. The van der Waals surface area contributed by atoms with Gasteiger partial charge in [0.25, 0.3) is 5.92 Å². The van der Waals surface area contributed by atoms with Crippen LogP contribution in [-0.4, -0.2) is 33.7 Å². The molecule has 0 N–H and O–H groups in total. The Morgan fingerprint density at radius 3 is 2.88 bits per heavy atom. The first-order valence-electron chi connectivity index (χ1n) is 5.56. The number of hydrogen-bond donors (Lipinski definition) is 0. The molecular weight excluding hydrogens is 212 g/mol. The van der Waals surface area contributed by atoms with Crippen molar-refractivity contribution in [3.63, 3.8) is 0 Å². The Balaban J connectivity index is 1.96. The molecular formula is C11H17F2N3. The standard InChI is InChI=1S/C11H17F2N3/c1-9-7-16(6-4-11(9,12)13)8-10-3-5-14-15(10)2/h3,5,9H,4,6-8H2,1-2H3/t9-/m1/s1. The number of rotatable bonds is 2. The predicted molar refractivity (Wildman–Crippen MR) is 57.2 cm³/mol. The molecule has 2 heterocycles. The summed E-state index contributed by atoms with van der Waals surface area (Å²) in [5, 5.41) is 4.07. The minimum Gasteiger partial charge on any atom is -0.297 e. The second-order valence-electron chi connectivity index (χ2n) is 4.59. The molecule has 0 radical (unpaired) electrons. The molecule has 0 saturated carbocycles. The summed E-state index contributed by atoms with van der Waals surface area (Å²) in [6.07, 6.45) is 1.70. The highest BCUT2D eigenvalue weighted by Crippen LogP contribution is 2.33. The summed E-state index contributed by atoms with van der Waals surface area (Å²) in [7, 11) is 1.87. The average Bonchev–Trinajstić information content (AvgIpc) is 2.59. The number of hydrogen-bond acceptors (Lipinski definition) is 2. The lowest BCUT2D eigenvalue weighted by Crippen LogP contribution is -2.45. The van der Waals surface area contributed by atoms with Crippen molar-refractivity contribution in [3.8, 4) is 0 Å². The van der Waals surface area contributed by atoms with Crippen LogP contribution in [0.4, 0.5) is 8.78 Å². The summed E-state index contributed by atoms with van der Waals surface area (Å²) in [5.41, 5.74) is 1.07. The summed E-state index contributed by atoms with van der Waals surface area (Å²) in [4.78, 5) is 2.07. The van der Waals surface area contributed by atoms with Crippen LogP contribution in [0.5, 0.6) is 0 Å². The number of aryl methyl sites for hydroxylation is 1. The van der Waals surface area contributed by atoms with E-state index in [1.807, 2.05) is 13.1 Å². The van der Waals surface area contributed by atoms with Crippen molar-refractivity contribution in [3.05, 3.63) is 18.0 Å². The molecule has 0 bridgehead atoms. The number of piperidine rings is 1. The summed E-state index contributed by atoms with van der Waals surface area (Å²) in [6.45, 7) is 3.24. The van der Waals surface area contributed by atoms with Crippen molar-refractivity contribution >= 4 is 0 Å². The maximum Gasteiger partial charge on any atom is 0.253 e. The first-order chi connectivity index (χ1) is 7.49. The van der Waals surface area contributed by atoms with Gasteiger partial charge in [0.15, 0.2) is 0 Å². The van der Waals surface area contributed by atoms with Crippen molar-refractivity contribution in [2.45, 2.75) is 25.8 Å². The molecule has 1 aliphatic heterocycles. The lowest BCUT2D eigenvalue weighted by Gasteiger charge is -2.36. The van der Waals surface area contributed by atoms with Gasteiger partial charge in [0.1, 0.15) is 0 Å². The van der Waals surface area contributed by atoms with Crippen molar-refractivity contribution in [2.24, 2.45) is 13.0 Å². The molecule has 1 fully saturated rings. The van der Waals surface area contributed by atoms with E-state index in [9.17, 15) is 8.78 Å². The molecule has 1 atom stereocenters. The Morgan fingerprint density at radius 1 is 1.56 bits per heavy atom. The molecule has 1 saturated heterocycles. The van der Waals surface area contributed by atoms with Gasteiger partial charge in [0.2, 0.25) is 0 Å². The molecule has 0 spiro atoms. The number of alkyl halides is 2. The van der Waals surface area contributed by atoms with E-state index < -0.39 is 11.8 Å². The second-order valence-corrected chi connectivity index (χ2v) is 4.59. The molecule has 3 nitrogen and oxygen atoms in total. The minimum absolute atomic E-state index is 0.0357. The minimum atomic E-state index is -2.50. The SMILES string of the molecule is C[C@@H]1CN(Cc2ccnn2C)CCC1(F)F. The fourth-order valence-corrected chi connectivity index (χ4v) is 2.09. The fourth-order valence-electron chi connectivity index (χ4n) is 2.09. The van der Waals surface area contributed by atoms with Crippen LogP contribution in [0.3, 0.4) is 0 Å². The molecule has 5 heteroatoms. The van der Waals surface area contributed by atoms with Gasteiger partial charge in [0, 0.05) is 45.2 Å². The maximum absolute atomic E-state index is 13.3. The third-order valence-corrected chi connectivity index (χ3v) is 3.32. The number of halogens is 2. The Labute approximate surface area is 94.0 Å². The fraction of sp³-hybridized carbons (Fsp3) is 0.727. The highest BCUT2D eigenvalue weighted by Gasteiger charge is 2.40. The van der Waals surface area contributed by atoms with Crippen LogP contribution in [0, 0.1) is 5.92 Å². The lowest BCUT2D eigenvalue weighted by molar-refractivity contribution is -0.101. The third kappa shape index (κ3) is 2.24. The quantitative estimate of drug-likeness (QED) is 0.772. The van der Waals surface area contributed by atoms with Gasteiger partial charge in [-0.2, -0.15) is 5.10 Å². The van der Waals surface area contributed by atoms with Gasteiger partial charge < -0.3 is 0 Å². The van der Waals surface area contributed by atoms with Gasteiger partial charge >= 0.3 is 0 Å². The Bertz CT molecular complexity index is 362. The second kappa shape index (κ2) is 4.13. The first kappa shape index (κ1) is 11.5. The van der Waals surface area contributed by atoms with E-state index in [2.05, 4.69) is 10.00 Å². The van der Waals surface area contributed by atoms with Crippen molar-refractivity contribution < 1.29 is 8.78 Å². The largest absolute Gasteiger partial charge is 0.297 e. The van der Waals surface area contributed by atoms with E-state index in [0.717, 1.165) is 5.69 Å². The molecule has 2 rings (SSSR count). The Morgan fingerprint density at radius 2 is 2.31 bits per heavy atom. The monoisotopic (exact) mass is 229 g/mol. The summed E-state index contributed by atoms with van der Waals surface area (Å²) in [5.74, 6) is -3.06. The molecule has 0 aromatic carbocycles. The average molecular weight is 229 g/mol. The molecule has 0 aliphatic carbocycles.